The molecule has 120 valence electrons. The second-order valence-electron chi connectivity index (χ2n) is 6.00. The Morgan fingerprint density at radius 1 is 1.26 bits per heavy atom. The summed E-state index contributed by atoms with van der Waals surface area (Å²) >= 11 is 0. The van der Waals surface area contributed by atoms with Crippen LogP contribution in [0.5, 0.6) is 0 Å². The molecule has 0 aliphatic rings. The standard InChI is InChI=1S/C17H19N3O3/c1-17(2,14-4-3-9-18-11-14)12-19-16(21)10-13-5-7-15(8-6-13)20(22)23/h3-9,11H,10,12H2,1-2H3,(H,19,21). The summed E-state index contributed by atoms with van der Waals surface area (Å²) in [4.78, 5) is 26.3. The van der Waals surface area contributed by atoms with Crippen LogP contribution in [0.1, 0.15) is 25.0 Å². The number of nitrogens with one attached hydrogen (secondary N) is 1. The van der Waals surface area contributed by atoms with E-state index < -0.39 is 4.92 Å². The maximum absolute atomic E-state index is 12.0. The minimum atomic E-state index is -0.458. The number of carbonyl (C=O) groups is 1. The van der Waals surface area contributed by atoms with Gasteiger partial charge in [0.2, 0.25) is 5.91 Å². The lowest BCUT2D eigenvalue weighted by Gasteiger charge is -2.25. The van der Waals surface area contributed by atoms with Gasteiger partial charge in [-0.2, -0.15) is 0 Å². The summed E-state index contributed by atoms with van der Waals surface area (Å²) in [6, 6.07) is 9.86. The molecule has 6 nitrogen and oxygen atoms in total. The van der Waals surface area contributed by atoms with Gasteiger partial charge >= 0.3 is 0 Å². The number of nitro groups is 1. The van der Waals surface area contributed by atoms with Crippen molar-refractivity contribution in [2.24, 2.45) is 0 Å². The Labute approximate surface area is 134 Å². The Balaban J connectivity index is 1.91. The second-order valence-corrected chi connectivity index (χ2v) is 6.00. The zero-order chi connectivity index (χ0) is 16.9. The second kappa shape index (κ2) is 7.00. The van der Waals surface area contributed by atoms with Crippen LogP contribution in [0.3, 0.4) is 0 Å². The molecule has 0 aliphatic heterocycles. The highest BCUT2D eigenvalue weighted by molar-refractivity contribution is 5.78. The molecular weight excluding hydrogens is 294 g/mol. The first-order chi connectivity index (χ1) is 10.9. The Bertz CT molecular complexity index is 682. The van der Waals surface area contributed by atoms with Crippen LogP contribution < -0.4 is 5.32 Å². The lowest BCUT2D eigenvalue weighted by molar-refractivity contribution is -0.384. The van der Waals surface area contributed by atoms with Crippen molar-refractivity contribution in [2.75, 3.05) is 6.54 Å². The number of rotatable bonds is 6. The fraction of sp³-hybridized carbons (Fsp3) is 0.294. The van der Waals surface area contributed by atoms with E-state index in [9.17, 15) is 14.9 Å². The summed E-state index contributed by atoms with van der Waals surface area (Å²) in [6.45, 7) is 4.57. The number of nitro benzene ring substituents is 1. The maximum atomic E-state index is 12.0. The quantitative estimate of drug-likeness (QED) is 0.656. The molecule has 2 rings (SSSR count). The van der Waals surface area contributed by atoms with Gasteiger partial charge in [0, 0.05) is 36.5 Å². The van der Waals surface area contributed by atoms with Crippen LogP contribution in [0.25, 0.3) is 0 Å². The third kappa shape index (κ3) is 4.60. The van der Waals surface area contributed by atoms with Gasteiger partial charge in [-0.25, -0.2) is 0 Å². The average molecular weight is 313 g/mol. The fourth-order valence-electron chi connectivity index (χ4n) is 2.17. The molecule has 1 heterocycles. The minimum Gasteiger partial charge on any atom is -0.355 e. The SMILES string of the molecule is CC(C)(CNC(=O)Cc1ccc([N+](=O)[O-])cc1)c1cccnc1. The van der Waals surface area contributed by atoms with E-state index in [1.54, 1.807) is 24.5 Å². The highest BCUT2D eigenvalue weighted by Gasteiger charge is 2.21. The van der Waals surface area contributed by atoms with E-state index in [2.05, 4.69) is 10.3 Å². The van der Waals surface area contributed by atoms with Crippen LogP contribution in [0.2, 0.25) is 0 Å². The number of aromatic nitrogens is 1. The van der Waals surface area contributed by atoms with Crippen LogP contribution in [0, 0.1) is 10.1 Å². The van der Waals surface area contributed by atoms with Gasteiger partial charge in [0.05, 0.1) is 11.3 Å². The summed E-state index contributed by atoms with van der Waals surface area (Å²) in [5, 5.41) is 13.5. The van der Waals surface area contributed by atoms with Crippen LogP contribution in [0.4, 0.5) is 5.69 Å². The lowest BCUT2D eigenvalue weighted by Crippen LogP contribution is -2.37. The molecule has 0 unspecified atom stereocenters. The van der Waals surface area contributed by atoms with E-state index in [1.807, 2.05) is 26.0 Å². The first-order valence-electron chi connectivity index (χ1n) is 7.29. The first-order valence-corrected chi connectivity index (χ1v) is 7.29. The molecule has 0 fully saturated rings. The minimum absolute atomic E-state index is 0.0202. The van der Waals surface area contributed by atoms with Crippen molar-refractivity contribution in [1.82, 2.24) is 10.3 Å². The Kier molecular flexibility index (Phi) is 5.05. The number of hydrogen-bond acceptors (Lipinski definition) is 4. The molecule has 0 saturated heterocycles. The third-order valence-electron chi connectivity index (χ3n) is 3.68. The van der Waals surface area contributed by atoms with E-state index in [4.69, 9.17) is 0 Å². The maximum Gasteiger partial charge on any atom is 0.269 e. The van der Waals surface area contributed by atoms with Crippen LogP contribution >= 0.6 is 0 Å². The molecule has 0 saturated carbocycles. The van der Waals surface area contributed by atoms with Crippen molar-refractivity contribution in [3.8, 4) is 0 Å². The molecule has 6 heteroatoms. The van der Waals surface area contributed by atoms with Gasteiger partial charge in [-0.1, -0.05) is 32.0 Å². The van der Waals surface area contributed by atoms with Gasteiger partial charge in [0.15, 0.2) is 0 Å². The monoisotopic (exact) mass is 313 g/mol. The normalized spacial score (nSPS) is 11.0. The fourth-order valence-corrected chi connectivity index (χ4v) is 2.17. The van der Waals surface area contributed by atoms with Crippen molar-refractivity contribution in [3.05, 3.63) is 70.0 Å². The molecule has 0 bridgehead atoms. The molecule has 1 aromatic heterocycles. The lowest BCUT2D eigenvalue weighted by atomic mass is 9.85. The number of benzene rings is 1. The van der Waals surface area contributed by atoms with Crippen molar-refractivity contribution in [3.63, 3.8) is 0 Å². The average Bonchev–Trinajstić information content (AvgIpc) is 2.54. The molecular formula is C17H19N3O3. The summed E-state index contributed by atoms with van der Waals surface area (Å²) in [5.74, 6) is -0.115. The van der Waals surface area contributed by atoms with Crippen molar-refractivity contribution < 1.29 is 9.72 Å². The zero-order valence-electron chi connectivity index (χ0n) is 13.2. The molecule has 1 amide bonds. The summed E-state index contributed by atoms with van der Waals surface area (Å²) in [6.07, 6.45) is 3.70. The topological polar surface area (TPSA) is 85.1 Å². The molecule has 23 heavy (non-hydrogen) atoms. The number of amides is 1. The number of hydrogen-bond donors (Lipinski definition) is 1. The van der Waals surface area contributed by atoms with Crippen molar-refractivity contribution >= 4 is 11.6 Å². The molecule has 0 atom stereocenters. The highest BCUT2D eigenvalue weighted by Crippen LogP contribution is 2.21. The van der Waals surface area contributed by atoms with Crippen LogP contribution in [-0.2, 0) is 16.6 Å². The van der Waals surface area contributed by atoms with Crippen LogP contribution in [-0.4, -0.2) is 22.4 Å². The Morgan fingerprint density at radius 3 is 2.52 bits per heavy atom. The highest BCUT2D eigenvalue weighted by atomic mass is 16.6. The summed E-state index contributed by atoms with van der Waals surface area (Å²) < 4.78 is 0. The van der Waals surface area contributed by atoms with E-state index in [0.717, 1.165) is 11.1 Å². The molecule has 0 spiro atoms. The van der Waals surface area contributed by atoms with E-state index in [-0.39, 0.29) is 23.4 Å². The Hall–Kier alpha value is -2.76. The summed E-state index contributed by atoms with van der Waals surface area (Å²) in [7, 11) is 0. The predicted molar refractivity (Wildman–Crippen MR) is 87.1 cm³/mol. The van der Waals surface area contributed by atoms with Gasteiger partial charge < -0.3 is 5.32 Å². The molecule has 2 aromatic rings. The number of non-ortho nitro benzene ring substituents is 1. The van der Waals surface area contributed by atoms with Crippen molar-refractivity contribution in [1.29, 1.82) is 0 Å². The molecule has 0 aliphatic carbocycles. The van der Waals surface area contributed by atoms with Gasteiger partial charge in [0.25, 0.3) is 5.69 Å². The molecule has 1 N–H and O–H groups in total. The van der Waals surface area contributed by atoms with E-state index >= 15 is 0 Å². The number of carbonyl (C=O) groups excluding carboxylic acids is 1. The van der Waals surface area contributed by atoms with Gasteiger partial charge in [-0.3, -0.25) is 19.9 Å². The molecule has 0 radical (unpaired) electrons. The van der Waals surface area contributed by atoms with E-state index in [1.165, 1.54) is 12.1 Å². The number of nitrogens with zero attached hydrogens (tertiary/aromatic N) is 2. The summed E-state index contributed by atoms with van der Waals surface area (Å²) in [5.41, 5.74) is 1.59. The Morgan fingerprint density at radius 2 is 1.96 bits per heavy atom. The zero-order valence-corrected chi connectivity index (χ0v) is 13.2. The van der Waals surface area contributed by atoms with Crippen LogP contribution in [0.15, 0.2) is 48.8 Å². The van der Waals surface area contributed by atoms with Gasteiger partial charge in [-0.05, 0) is 17.2 Å². The largest absolute Gasteiger partial charge is 0.355 e. The third-order valence-corrected chi connectivity index (χ3v) is 3.68. The van der Waals surface area contributed by atoms with E-state index in [0.29, 0.717) is 6.54 Å². The molecule has 1 aromatic carbocycles. The first kappa shape index (κ1) is 16.6. The predicted octanol–water partition coefficient (Wildman–Crippen LogP) is 2.63. The smallest absolute Gasteiger partial charge is 0.269 e. The van der Waals surface area contributed by atoms with Gasteiger partial charge in [0.1, 0.15) is 0 Å². The van der Waals surface area contributed by atoms with Gasteiger partial charge in [-0.15, -0.1) is 0 Å². The van der Waals surface area contributed by atoms with Crippen molar-refractivity contribution in [2.45, 2.75) is 25.7 Å². The number of pyridine rings is 1.